The molecule has 0 radical (unpaired) electrons. The second-order valence-corrected chi connectivity index (χ2v) is 6.92. The van der Waals surface area contributed by atoms with Crippen LogP contribution in [0.4, 0.5) is 5.69 Å². The molecule has 0 bridgehead atoms. The van der Waals surface area contributed by atoms with Crippen molar-refractivity contribution in [1.29, 1.82) is 0 Å². The van der Waals surface area contributed by atoms with Gasteiger partial charge in [-0.1, -0.05) is 67.9 Å². The first-order chi connectivity index (χ1) is 14.7. The number of carbonyl (C=O) groups excluding carboxylic acids is 2. The number of unbranched alkanes of at least 4 members (excludes halogenated alkanes) is 1. The standard InChI is InChI=1S/C25H25N3O2/c1-2-3-9-24(29)27-23-16-14-22(15-17-23)25(30)28-26-18-19-10-12-21(13-11-19)20-7-5-4-6-8-20/h4-8,10-18H,2-3,9H2,1H3,(H,27,29)(H,28,30)/b26-18+. The van der Waals surface area contributed by atoms with Gasteiger partial charge in [0.25, 0.3) is 5.91 Å². The van der Waals surface area contributed by atoms with Crippen LogP contribution < -0.4 is 10.7 Å². The van der Waals surface area contributed by atoms with Crippen molar-refractivity contribution in [2.24, 2.45) is 5.10 Å². The van der Waals surface area contributed by atoms with Crippen LogP contribution in [0.5, 0.6) is 0 Å². The van der Waals surface area contributed by atoms with Crippen molar-refractivity contribution in [1.82, 2.24) is 5.43 Å². The molecule has 0 aliphatic rings. The average molecular weight is 399 g/mol. The van der Waals surface area contributed by atoms with Crippen molar-refractivity contribution in [3.05, 3.63) is 90.0 Å². The summed E-state index contributed by atoms with van der Waals surface area (Å²) in [7, 11) is 0. The Hall–Kier alpha value is -3.73. The highest BCUT2D eigenvalue weighted by atomic mass is 16.2. The summed E-state index contributed by atoms with van der Waals surface area (Å²) in [6.07, 6.45) is 3.94. The first-order valence-electron chi connectivity index (χ1n) is 10.0. The van der Waals surface area contributed by atoms with Crippen LogP contribution in [0.2, 0.25) is 0 Å². The fraction of sp³-hybridized carbons (Fsp3) is 0.160. The molecule has 3 rings (SSSR count). The number of rotatable bonds is 8. The summed E-state index contributed by atoms with van der Waals surface area (Å²) in [6, 6.07) is 24.8. The van der Waals surface area contributed by atoms with Gasteiger partial charge in [-0.2, -0.15) is 5.10 Å². The molecule has 0 atom stereocenters. The minimum Gasteiger partial charge on any atom is -0.326 e. The SMILES string of the molecule is CCCCC(=O)Nc1ccc(C(=O)N/N=C/c2ccc(-c3ccccc3)cc2)cc1. The molecule has 152 valence electrons. The lowest BCUT2D eigenvalue weighted by atomic mass is 10.0. The highest BCUT2D eigenvalue weighted by Crippen LogP contribution is 2.18. The first-order valence-corrected chi connectivity index (χ1v) is 10.0. The number of hydrogen-bond acceptors (Lipinski definition) is 3. The Labute approximate surface area is 176 Å². The Morgan fingerprint density at radius 2 is 1.53 bits per heavy atom. The molecule has 0 saturated carbocycles. The summed E-state index contributed by atoms with van der Waals surface area (Å²) < 4.78 is 0. The van der Waals surface area contributed by atoms with E-state index in [-0.39, 0.29) is 11.8 Å². The second kappa shape index (κ2) is 10.7. The number of amides is 2. The smallest absolute Gasteiger partial charge is 0.271 e. The van der Waals surface area contributed by atoms with Gasteiger partial charge in [-0.3, -0.25) is 9.59 Å². The number of hydrogen-bond donors (Lipinski definition) is 2. The molecule has 0 unspecified atom stereocenters. The lowest BCUT2D eigenvalue weighted by molar-refractivity contribution is -0.116. The largest absolute Gasteiger partial charge is 0.326 e. The van der Waals surface area contributed by atoms with Crippen molar-refractivity contribution in [3.63, 3.8) is 0 Å². The summed E-state index contributed by atoms with van der Waals surface area (Å²) >= 11 is 0. The van der Waals surface area contributed by atoms with E-state index in [4.69, 9.17) is 0 Å². The average Bonchev–Trinajstić information content (AvgIpc) is 2.79. The van der Waals surface area contributed by atoms with Gasteiger partial charge < -0.3 is 5.32 Å². The van der Waals surface area contributed by atoms with Crippen molar-refractivity contribution < 1.29 is 9.59 Å². The van der Waals surface area contributed by atoms with Gasteiger partial charge in [0, 0.05) is 17.7 Å². The molecular formula is C25H25N3O2. The zero-order valence-electron chi connectivity index (χ0n) is 17.0. The van der Waals surface area contributed by atoms with Gasteiger partial charge in [-0.05, 0) is 47.4 Å². The molecule has 5 heteroatoms. The van der Waals surface area contributed by atoms with E-state index < -0.39 is 0 Å². The van der Waals surface area contributed by atoms with Gasteiger partial charge >= 0.3 is 0 Å². The topological polar surface area (TPSA) is 70.6 Å². The van der Waals surface area contributed by atoms with Crippen molar-refractivity contribution in [2.45, 2.75) is 26.2 Å². The van der Waals surface area contributed by atoms with Crippen molar-refractivity contribution >= 4 is 23.7 Å². The third-order valence-corrected chi connectivity index (χ3v) is 4.59. The number of hydrazone groups is 1. The van der Waals surface area contributed by atoms with Gasteiger partial charge in [0.15, 0.2) is 0 Å². The van der Waals surface area contributed by atoms with E-state index in [1.54, 1.807) is 30.5 Å². The van der Waals surface area contributed by atoms with E-state index in [0.29, 0.717) is 17.7 Å². The quantitative estimate of drug-likeness (QED) is 0.401. The Morgan fingerprint density at radius 1 is 0.867 bits per heavy atom. The molecule has 0 aliphatic heterocycles. The van der Waals surface area contributed by atoms with E-state index in [0.717, 1.165) is 29.5 Å². The summed E-state index contributed by atoms with van der Waals surface area (Å²) in [6.45, 7) is 2.04. The lowest BCUT2D eigenvalue weighted by Crippen LogP contribution is -2.17. The Kier molecular flexibility index (Phi) is 7.50. The molecule has 3 aromatic carbocycles. The normalized spacial score (nSPS) is 10.7. The molecule has 0 aliphatic carbocycles. The minimum absolute atomic E-state index is 0.0167. The predicted molar refractivity (Wildman–Crippen MR) is 122 cm³/mol. The van der Waals surface area contributed by atoms with E-state index in [1.165, 1.54) is 0 Å². The van der Waals surface area contributed by atoms with E-state index in [1.807, 2.05) is 49.4 Å². The van der Waals surface area contributed by atoms with Crippen molar-refractivity contribution in [3.8, 4) is 11.1 Å². The molecule has 2 amide bonds. The van der Waals surface area contributed by atoms with E-state index >= 15 is 0 Å². The van der Waals surface area contributed by atoms with Crippen molar-refractivity contribution in [2.75, 3.05) is 5.32 Å². The van der Waals surface area contributed by atoms with Gasteiger partial charge in [-0.25, -0.2) is 5.43 Å². The first kappa shape index (κ1) is 21.0. The Morgan fingerprint density at radius 3 is 2.20 bits per heavy atom. The predicted octanol–water partition coefficient (Wildman–Crippen LogP) is 5.25. The molecule has 30 heavy (non-hydrogen) atoms. The third kappa shape index (κ3) is 6.14. The fourth-order valence-electron chi connectivity index (χ4n) is 2.89. The molecular weight excluding hydrogens is 374 g/mol. The molecule has 3 aromatic rings. The van der Waals surface area contributed by atoms with Crippen LogP contribution in [0.1, 0.15) is 42.1 Å². The molecule has 0 heterocycles. The van der Waals surface area contributed by atoms with Crippen LogP contribution in [0.15, 0.2) is 84.0 Å². The molecule has 0 saturated heterocycles. The van der Waals surface area contributed by atoms with Gasteiger partial charge in [0.2, 0.25) is 5.91 Å². The van der Waals surface area contributed by atoms with E-state index in [2.05, 4.69) is 28.0 Å². The number of benzene rings is 3. The summed E-state index contributed by atoms with van der Waals surface area (Å²) in [5, 5.41) is 6.85. The molecule has 5 nitrogen and oxygen atoms in total. The number of nitrogens with zero attached hydrogens (tertiary/aromatic N) is 1. The van der Waals surface area contributed by atoms with Crippen LogP contribution >= 0.6 is 0 Å². The van der Waals surface area contributed by atoms with Crippen LogP contribution in [0.25, 0.3) is 11.1 Å². The number of nitrogens with one attached hydrogen (secondary N) is 2. The van der Waals surface area contributed by atoms with Crippen LogP contribution in [-0.4, -0.2) is 18.0 Å². The third-order valence-electron chi connectivity index (χ3n) is 4.59. The minimum atomic E-state index is -0.309. The maximum absolute atomic E-state index is 12.2. The fourth-order valence-corrected chi connectivity index (χ4v) is 2.89. The summed E-state index contributed by atoms with van der Waals surface area (Å²) in [4.78, 5) is 24.0. The maximum atomic E-state index is 12.2. The Bertz CT molecular complexity index is 995. The summed E-state index contributed by atoms with van der Waals surface area (Å²) in [5.74, 6) is -0.326. The monoisotopic (exact) mass is 399 g/mol. The van der Waals surface area contributed by atoms with E-state index in [9.17, 15) is 9.59 Å². The number of carbonyl (C=O) groups is 2. The lowest BCUT2D eigenvalue weighted by Gasteiger charge is -2.06. The molecule has 0 aromatic heterocycles. The zero-order valence-corrected chi connectivity index (χ0v) is 17.0. The second-order valence-electron chi connectivity index (χ2n) is 6.92. The zero-order chi connectivity index (χ0) is 21.2. The molecule has 0 fully saturated rings. The molecule has 0 spiro atoms. The Balaban J connectivity index is 1.52. The van der Waals surface area contributed by atoms with Crippen LogP contribution in [-0.2, 0) is 4.79 Å². The van der Waals surface area contributed by atoms with Gasteiger partial charge in [-0.15, -0.1) is 0 Å². The van der Waals surface area contributed by atoms with Crippen LogP contribution in [0, 0.1) is 0 Å². The highest BCUT2D eigenvalue weighted by Gasteiger charge is 2.06. The maximum Gasteiger partial charge on any atom is 0.271 e. The van der Waals surface area contributed by atoms with Crippen LogP contribution in [0.3, 0.4) is 0 Å². The highest BCUT2D eigenvalue weighted by molar-refractivity contribution is 5.96. The summed E-state index contributed by atoms with van der Waals surface area (Å²) in [5.41, 5.74) is 6.84. The van der Waals surface area contributed by atoms with Gasteiger partial charge in [0.1, 0.15) is 0 Å². The molecule has 2 N–H and O–H groups in total. The number of anilines is 1. The van der Waals surface area contributed by atoms with Gasteiger partial charge in [0.05, 0.1) is 6.21 Å².